The zero-order chi connectivity index (χ0) is 17.9. The molecule has 6 nitrogen and oxygen atoms in total. The molecule has 2 heterocycles. The van der Waals surface area contributed by atoms with Crippen LogP contribution >= 0.6 is 0 Å². The number of hydrogen-bond donors (Lipinski definition) is 2. The highest BCUT2D eigenvalue weighted by molar-refractivity contribution is 5.96. The Hall–Kier alpha value is -1.95. The maximum absolute atomic E-state index is 12.5. The Kier molecular flexibility index (Phi) is 5.37. The molecule has 3 rings (SSSR count). The lowest BCUT2D eigenvalue weighted by Crippen LogP contribution is -2.42. The molecular formula is C19H28N4O2. The number of aromatic nitrogens is 3. The van der Waals surface area contributed by atoms with Gasteiger partial charge >= 0.3 is 0 Å². The van der Waals surface area contributed by atoms with Gasteiger partial charge in [-0.15, -0.1) is 0 Å². The molecule has 2 aromatic rings. The Morgan fingerprint density at radius 1 is 1.28 bits per heavy atom. The van der Waals surface area contributed by atoms with Gasteiger partial charge in [-0.25, -0.2) is 9.67 Å². The smallest absolute Gasteiger partial charge is 0.252 e. The average molecular weight is 344 g/mol. The number of amides is 1. The van der Waals surface area contributed by atoms with Gasteiger partial charge in [-0.05, 0) is 24.8 Å². The Bertz CT molecular complexity index is 730. The number of carbonyl (C=O) groups excluding carboxylic acids is 1. The SMILES string of the molecule is CC(C)Cn1ncc2cc(C(=O)NCC3(O)CCCCCC3)cnc21. The summed E-state index contributed by atoms with van der Waals surface area (Å²) in [5, 5.41) is 18.8. The third-order valence-electron chi connectivity index (χ3n) is 4.89. The molecule has 0 spiro atoms. The first-order valence-corrected chi connectivity index (χ1v) is 9.29. The highest BCUT2D eigenvalue weighted by Crippen LogP contribution is 2.26. The van der Waals surface area contributed by atoms with Gasteiger partial charge in [-0.1, -0.05) is 39.5 Å². The van der Waals surface area contributed by atoms with E-state index in [4.69, 9.17) is 0 Å². The minimum atomic E-state index is -0.772. The zero-order valence-corrected chi connectivity index (χ0v) is 15.2. The lowest BCUT2D eigenvalue weighted by Gasteiger charge is -2.26. The van der Waals surface area contributed by atoms with Crippen molar-refractivity contribution in [3.8, 4) is 0 Å². The Balaban J connectivity index is 1.67. The fourth-order valence-corrected chi connectivity index (χ4v) is 3.49. The maximum atomic E-state index is 12.5. The van der Waals surface area contributed by atoms with Crippen LogP contribution in [0.4, 0.5) is 0 Å². The van der Waals surface area contributed by atoms with Crippen LogP contribution in [0, 0.1) is 5.92 Å². The fourth-order valence-electron chi connectivity index (χ4n) is 3.49. The standard InChI is InChI=1S/C19H28N4O2/c1-14(2)12-23-17-15(11-22-23)9-16(10-20-17)18(24)21-13-19(25)7-5-3-4-6-8-19/h9-11,14,25H,3-8,12-13H2,1-2H3,(H,21,24). The van der Waals surface area contributed by atoms with Crippen molar-refractivity contribution < 1.29 is 9.90 Å². The summed E-state index contributed by atoms with van der Waals surface area (Å²) in [4.78, 5) is 16.9. The number of carbonyl (C=O) groups is 1. The van der Waals surface area contributed by atoms with E-state index in [-0.39, 0.29) is 5.91 Å². The number of aliphatic hydroxyl groups is 1. The van der Waals surface area contributed by atoms with Gasteiger partial charge in [0.25, 0.3) is 5.91 Å². The van der Waals surface area contributed by atoms with E-state index >= 15 is 0 Å². The molecule has 1 fully saturated rings. The molecular weight excluding hydrogens is 316 g/mol. The van der Waals surface area contributed by atoms with Gasteiger partial charge in [0.05, 0.1) is 17.4 Å². The van der Waals surface area contributed by atoms with Crippen LogP contribution in [0.25, 0.3) is 11.0 Å². The van der Waals surface area contributed by atoms with Gasteiger partial charge < -0.3 is 10.4 Å². The largest absolute Gasteiger partial charge is 0.388 e. The Morgan fingerprint density at radius 3 is 2.68 bits per heavy atom. The van der Waals surface area contributed by atoms with Crippen LogP contribution in [-0.4, -0.2) is 37.9 Å². The molecule has 0 aromatic carbocycles. The first-order valence-electron chi connectivity index (χ1n) is 9.29. The molecule has 1 amide bonds. The van der Waals surface area contributed by atoms with E-state index in [0.29, 0.717) is 18.0 Å². The quantitative estimate of drug-likeness (QED) is 0.817. The normalized spacial score (nSPS) is 17.6. The second-order valence-corrected chi connectivity index (χ2v) is 7.68. The number of nitrogens with one attached hydrogen (secondary N) is 1. The van der Waals surface area contributed by atoms with E-state index in [1.165, 1.54) is 0 Å². The van der Waals surface area contributed by atoms with E-state index in [1.54, 1.807) is 12.4 Å². The van der Waals surface area contributed by atoms with Gasteiger partial charge in [0.15, 0.2) is 5.65 Å². The van der Waals surface area contributed by atoms with E-state index in [1.807, 2.05) is 10.7 Å². The zero-order valence-electron chi connectivity index (χ0n) is 15.2. The second kappa shape index (κ2) is 7.52. The van der Waals surface area contributed by atoms with E-state index in [0.717, 1.165) is 56.1 Å². The summed E-state index contributed by atoms with van der Waals surface area (Å²) in [5.74, 6) is 0.289. The monoisotopic (exact) mass is 344 g/mol. The lowest BCUT2D eigenvalue weighted by molar-refractivity contribution is 0.0246. The molecule has 2 N–H and O–H groups in total. The summed E-state index contributed by atoms with van der Waals surface area (Å²) < 4.78 is 1.87. The molecule has 0 atom stereocenters. The van der Waals surface area contributed by atoms with Crippen molar-refractivity contribution in [3.05, 3.63) is 24.0 Å². The summed E-state index contributed by atoms with van der Waals surface area (Å²) in [6, 6.07) is 1.82. The van der Waals surface area contributed by atoms with Gasteiger partial charge in [-0.3, -0.25) is 4.79 Å². The van der Waals surface area contributed by atoms with E-state index in [9.17, 15) is 9.90 Å². The number of pyridine rings is 1. The van der Waals surface area contributed by atoms with E-state index in [2.05, 4.69) is 29.2 Å². The number of nitrogens with zero attached hydrogens (tertiary/aromatic N) is 3. The summed E-state index contributed by atoms with van der Waals surface area (Å²) in [7, 11) is 0. The number of hydrogen-bond acceptors (Lipinski definition) is 4. The molecule has 1 aliphatic carbocycles. The highest BCUT2D eigenvalue weighted by atomic mass is 16.3. The topological polar surface area (TPSA) is 80.0 Å². The van der Waals surface area contributed by atoms with Crippen molar-refractivity contribution in [1.29, 1.82) is 0 Å². The molecule has 25 heavy (non-hydrogen) atoms. The summed E-state index contributed by atoms with van der Waals surface area (Å²) >= 11 is 0. The third kappa shape index (κ3) is 4.37. The minimum Gasteiger partial charge on any atom is -0.388 e. The number of fused-ring (bicyclic) bond motifs is 1. The van der Waals surface area contributed by atoms with Crippen molar-refractivity contribution in [2.75, 3.05) is 6.54 Å². The molecule has 0 bridgehead atoms. The van der Waals surface area contributed by atoms with Crippen LogP contribution < -0.4 is 5.32 Å². The molecule has 2 aromatic heterocycles. The van der Waals surface area contributed by atoms with Gasteiger partial charge in [0.1, 0.15) is 0 Å². The molecule has 1 saturated carbocycles. The third-order valence-corrected chi connectivity index (χ3v) is 4.89. The average Bonchev–Trinajstić information content (AvgIpc) is 2.83. The van der Waals surface area contributed by atoms with Crippen LogP contribution in [0.15, 0.2) is 18.5 Å². The van der Waals surface area contributed by atoms with Gasteiger partial charge in [0, 0.05) is 24.7 Å². The molecule has 0 radical (unpaired) electrons. The summed E-state index contributed by atoms with van der Waals surface area (Å²) in [5.41, 5.74) is 0.535. The summed E-state index contributed by atoms with van der Waals surface area (Å²) in [6.07, 6.45) is 9.23. The summed E-state index contributed by atoms with van der Waals surface area (Å²) in [6.45, 7) is 5.37. The molecule has 6 heteroatoms. The van der Waals surface area contributed by atoms with Crippen LogP contribution in [0.3, 0.4) is 0 Å². The molecule has 1 aliphatic rings. The second-order valence-electron chi connectivity index (χ2n) is 7.68. The Labute approximate surface area is 148 Å². The molecule has 136 valence electrons. The van der Waals surface area contributed by atoms with Crippen molar-refractivity contribution in [2.45, 2.75) is 64.5 Å². The van der Waals surface area contributed by atoms with Crippen molar-refractivity contribution in [1.82, 2.24) is 20.1 Å². The van der Waals surface area contributed by atoms with Crippen molar-refractivity contribution in [3.63, 3.8) is 0 Å². The Morgan fingerprint density at radius 2 is 2.00 bits per heavy atom. The molecule has 0 saturated heterocycles. The first kappa shape index (κ1) is 17.9. The maximum Gasteiger partial charge on any atom is 0.252 e. The molecule has 0 aliphatic heterocycles. The lowest BCUT2D eigenvalue weighted by atomic mass is 9.94. The first-order chi connectivity index (χ1) is 12.0. The predicted octanol–water partition coefficient (Wildman–Crippen LogP) is 2.90. The predicted molar refractivity (Wildman–Crippen MR) is 97.4 cm³/mol. The van der Waals surface area contributed by atoms with Crippen LogP contribution in [0.1, 0.15) is 62.7 Å². The van der Waals surface area contributed by atoms with Crippen LogP contribution in [0.2, 0.25) is 0 Å². The van der Waals surface area contributed by atoms with Crippen molar-refractivity contribution >= 4 is 16.9 Å². The van der Waals surface area contributed by atoms with Crippen LogP contribution in [-0.2, 0) is 6.54 Å². The fraction of sp³-hybridized carbons (Fsp3) is 0.632. The van der Waals surface area contributed by atoms with Crippen LogP contribution in [0.5, 0.6) is 0 Å². The number of rotatable bonds is 5. The van der Waals surface area contributed by atoms with Crippen molar-refractivity contribution in [2.24, 2.45) is 5.92 Å². The van der Waals surface area contributed by atoms with Gasteiger partial charge in [0.2, 0.25) is 0 Å². The highest BCUT2D eigenvalue weighted by Gasteiger charge is 2.28. The van der Waals surface area contributed by atoms with E-state index < -0.39 is 5.60 Å². The van der Waals surface area contributed by atoms with Gasteiger partial charge in [-0.2, -0.15) is 5.10 Å². The minimum absolute atomic E-state index is 0.191. The molecule has 0 unspecified atom stereocenters.